The van der Waals surface area contributed by atoms with Gasteiger partial charge in [0, 0.05) is 39.0 Å². The number of likely N-dealkylation sites (tertiary alicyclic amines) is 2. The molecular formula is C23H28N2O3. The number of hydrogen-bond donors (Lipinski definition) is 0. The fraction of sp³-hybridized carbons (Fsp3) is 0.478. The van der Waals surface area contributed by atoms with Crippen LogP contribution in [0.3, 0.4) is 0 Å². The smallest absolute Gasteiger partial charge is 0.230 e. The zero-order valence-corrected chi connectivity index (χ0v) is 16.3. The third kappa shape index (κ3) is 3.98. The van der Waals surface area contributed by atoms with Crippen molar-refractivity contribution in [1.82, 2.24) is 9.80 Å². The van der Waals surface area contributed by atoms with E-state index in [1.165, 1.54) is 5.56 Å². The van der Waals surface area contributed by atoms with E-state index in [9.17, 15) is 9.59 Å². The molecule has 2 fully saturated rings. The summed E-state index contributed by atoms with van der Waals surface area (Å²) in [7, 11) is 0. The number of benzene rings is 1. The highest BCUT2D eigenvalue weighted by molar-refractivity contribution is 5.86. The zero-order valence-electron chi connectivity index (χ0n) is 16.3. The lowest BCUT2D eigenvalue weighted by Crippen LogP contribution is -2.50. The summed E-state index contributed by atoms with van der Waals surface area (Å²) in [5.41, 5.74) is 0.894. The molecule has 28 heavy (non-hydrogen) atoms. The van der Waals surface area contributed by atoms with Crippen LogP contribution in [0, 0.1) is 5.41 Å². The van der Waals surface area contributed by atoms with Crippen LogP contribution >= 0.6 is 0 Å². The first-order valence-electron chi connectivity index (χ1n) is 10.3. The lowest BCUT2D eigenvalue weighted by Gasteiger charge is -2.39. The van der Waals surface area contributed by atoms with E-state index in [2.05, 4.69) is 12.1 Å². The Morgan fingerprint density at radius 1 is 1.04 bits per heavy atom. The van der Waals surface area contributed by atoms with Crippen molar-refractivity contribution in [1.29, 1.82) is 0 Å². The van der Waals surface area contributed by atoms with E-state index in [4.69, 9.17) is 4.42 Å². The van der Waals surface area contributed by atoms with Crippen LogP contribution < -0.4 is 0 Å². The summed E-state index contributed by atoms with van der Waals surface area (Å²) in [6, 6.07) is 14.1. The van der Waals surface area contributed by atoms with Crippen LogP contribution in [0.25, 0.3) is 0 Å². The maximum atomic E-state index is 13.3. The summed E-state index contributed by atoms with van der Waals surface area (Å²) in [5.74, 6) is 1.21. The lowest BCUT2D eigenvalue weighted by atomic mass is 9.78. The Bertz CT molecular complexity index is 803. The van der Waals surface area contributed by atoms with E-state index in [0.29, 0.717) is 25.9 Å². The van der Waals surface area contributed by atoms with Crippen molar-refractivity contribution in [3.05, 3.63) is 60.1 Å². The minimum atomic E-state index is -0.366. The van der Waals surface area contributed by atoms with E-state index in [1.807, 2.05) is 40.1 Å². The Hall–Kier alpha value is -2.56. The Labute approximate surface area is 166 Å². The topological polar surface area (TPSA) is 53.8 Å². The second-order valence-corrected chi connectivity index (χ2v) is 8.06. The number of amides is 2. The standard InChI is InChI=1S/C23H28N2O3/c26-21(10-9-20-8-4-17-28-20)25-16-13-23(18-25)12-5-14-24(22(23)27)15-11-19-6-2-1-3-7-19/h1-4,6-8,17H,5,9-16,18H2/t23-/m0/s1. The van der Waals surface area contributed by atoms with E-state index < -0.39 is 0 Å². The monoisotopic (exact) mass is 380 g/mol. The summed E-state index contributed by atoms with van der Waals surface area (Å²) < 4.78 is 5.32. The molecule has 1 spiro atoms. The van der Waals surface area contributed by atoms with Gasteiger partial charge in [-0.3, -0.25) is 9.59 Å². The summed E-state index contributed by atoms with van der Waals surface area (Å²) in [6.45, 7) is 2.86. The number of nitrogens with zero attached hydrogens (tertiary/aromatic N) is 2. The normalized spacial score (nSPS) is 22.2. The third-order valence-corrected chi connectivity index (χ3v) is 6.21. The molecule has 0 saturated carbocycles. The molecule has 0 radical (unpaired) electrons. The quantitative estimate of drug-likeness (QED) is 0.773. The molecule has 5 heteroatoms. The highest BCUT2D eigenvalue weighted by atomic mass is 16.3. The Balaban J connectivity index is 1.33. The van der Waals surface area contributed by atoms with Crippen molar-refractivity contribution in [2.45, 2.75) is 38.5 Å². The van der Waals surface area contributed by atoms with Gasteiger partial charge in [-0.05, 0) is 43.4 Å². The summed E-state index contributed by atoms with van der Waals surface area (Å²) in [6.07, 6.45) is 6.29. The molecule has 2 aliphatic heterocycles. The molecule has 2 saturated heterocycles. The van der Waals surface area contributed by atoms with Gasteiger partial charge in [0.2, 0.25) is 11.8 Å². The van der Waals surface area contributed by atoms with Gasteiger partial charge in [0.05, 0.1) is 11.7 Å². The SMILES string of the molecule is O=C(CCc1ccco1)N1CC[C@@]2(CCCN(CCc3ccccc3)C2=O)C1. The first kappa shape index (κ1) is 18.8. The molecule has 3 heterocycles. The molecule has 2 aromatic rings. The molecule has 2 aliphatic rings. The van der Waals surface area contributed by atoms with Crippen molar-refractivity contribution in [3.8, 4) is 0 Å². The van der Waals surface area contributed by atoms with E-state index in [-0.39, 0.29) is 17.2 Å². The van der Waals surface area contributed by atoms with Gasteiger partial charge in [-0.25, -0.2) is 0 Å². The molecule has 5 nitrogen and oxygen atoms in total. The van der Waals surface area contributed by atoms with Crippen molar-refractivity contribution in [2.24, 2.45) is 5.41 Å². The Kier molecular flexibility index (Phi) is 5.51. The number of furan rings is 1. The number of hydrogen-bond acceptors (Lipinski definition) is 3. The van der Waals surface area contributed by atoms with Crippen molar-refractivity contribution in [3.63, 3.8) is 0 Å². The van der Waals surface area contributed by atoms with Crippen LogP contribution in [-0.2, 0) is 22.4 Å². The van der Waals surface area contributed by atoms with Gasteiger partial charge in [0.25, 0.3) is 0 Å². The molecule has 1 aromatic heterocycles. The third-order valence-electron chi connectivity index (χ3n) is 6.21. The minimum absolute atomic E-state index is 0.127. The first-order valence-corrected chi connectivity index (χ1v) is 10.3. The Morgan fingerprint density at radius 2 is 1.89 bits per heavy atom. The largest absolute Gasteiger partial charge is 0.469 e. The average Bonchev–Trinajstić information content (AvgIpc) is 3.39. The summed E-state index contributed by atoms with van der Waals surface area (Å²) in [4.78, 5) is 29.8. The van der Waals surface area contributed by atoms with Crippen LogP contribution in [0.2, 0.25) is 0 Å². The highest BCUT2D eigenvalue weighted by Gasteiger charge is 2.49. The predicted octanol–water partition coefficient (Wildman–Crippen LogP) is 3.30. The lowest BCUT2D eigenvalue weighted by molar-refractivity contribution is -0.146. The number of piperidine rings is 1. The van der Waals surface area contributed by atoms with Crippen LogP contribution in [0.1, 0.15) is 37.0 Å². The molecular weight excluding hydrogens is 352 g/mol. The van der Waals surface area contributed by atoms with Crippen LogP contribution in [-0.4, -0.2) is 47.8 Å². The van der Waals surface area contributed by atoms with E-state index in [0.717, 1.165) is 44.5 Å². The fourth-order valence-corrected chi connectivity index (χ4v) is 4.58. The van der Waals surface area contributed by atoms with Crippen LogP contribution in [0.4, 0.5) is 0 Å². The molecule has 0 unspecified atom stereocenters. The molecule has 2 amide bonds. The molecule has 1 aromatic carbocycles. The molecule has 148 valence electrons. The van der Waals surface area contributed by atoms with Gasteiger partial charge >= 0.3 is 0 Å². The maximum Gasteiger partial charge on any atom is 0.230 e. The molecule has 0 aliphatic carbocycles. The van der Waals surface area contributed by atoms with Gasteiger partial charge in [-0.1, -0.05) is 30.3 Å². The maximum absolute atomic E-state index is 13.3. The van der Waals surface area contributed by atoms with Gasteiger partial charge in [0.15, 0.2) is 0 Å². The number of rotatable bonds is 6. The van der Waals surface area contributed by atoms with Gasteiger partial charge < -0.3 is 14.2 Å². The summed E-state index contributed by atoms with van der Waals surface area (Å²) in [5, 5.41) is 0. The second kappa shape index (κ2) is 8.21. The van der Waals surface area contributed by atoms with Gasteiger partial charge in [0.1, 0.15) is 5.76 Å². The van der Waals surface area contributed by atoms with Gasteiger partial charge in [-0.2, -0.15) is 0 Å². The number of carbonyl (C=O) groups is 2. The molecule has 1 atom stereocenters. The van der Waals surface area contributed by atoms with Crippen LogP contribution in [0.5, 0.6) is 0 Å². The number of aryl methyl sites for hydroxylation is 1. The van der Waals surface area contributed by atoms with E-state index >= 15 is 0 Å². The second-order valence-electron chi connectivity index (χ2n) is 8.06. The molecule has 0 bridgehead atoms. The Morgan fingerprint density at radius 3 is 2.68 bits per heavy atom. The highest BCUT2D eigenvalue weighted by Crippen LogP contribution is 2.40. The van der Waals surface area contributed by atoms with E-state index in [1.54, 1.807) is 6.26 Å². The first-order chi connectivity index (χ1) is 13.7. The summed E-state index contributed by atoms with van der Waals surface area (Å²) >= 11 is 0. The van der Waals surface area contributed by atoms with Crippen molar-refractivity contribution < 1.29 is 14.0 Å². The predicted molar refractivity (Wildman–Crippen MR) is 107 cm³/mol. The zero-order chi connectivity index (χ0) is 19.4. The van der Waals surface area contributed by atoms with Gasteiger partial charge in [-0.15, -0.1) is 0 Å². The molecule has 0 N–H and O–H groups in total. The fourth-order valence-electron chi connectivity index (χ4n) is 4.58. The molecule has 4 rings (SSSR count). The van der Waals surface area contributed by atoms with Crippen molar-refractivity contribution in [2.75, 3.05) is 26.2 Å². The van der Waals surface area contributed by atoms with Crippen LogP contribution in [0.15, 0.2) is 53.1 Å². The number of carbonyl (C=O) groups excluding carboxylic acids is 2. The average molecular weight is 380 g/mol. The minimum Gasteiger partial charge on any atom is -0.469 e. The van der Waals surface area contributed by atoms with Crippen molar-refractivity contribution >= 4 is 11.8 Å².